The first-order valence-corrected chi connectivity index (χ1v) is 7.52. The molecule has 0 amide bonds. The van der Waals surface area contributed by atoms with Crippen molar-refractivity contribution in [3.8, 4) is 0 Å². The van der Waals surface area contributed by atoms with Crippen LogP contribution in [-0.2, 0) is 17.6 Å². The highest BCUT2D eigenvalue weighted by molar-refractivity contribution is 5.33. The SMILES string of the molecule is c1ccc2c(c1)CC(NCCCN1CCOCC1)C2. The maximum absolute atomic E-state index is 5.37. The summed E-state index contributed by atoms with van der Waals surface area (Å²) in [5, 5.41) is 3.71. The topological polar surface area (TPSA) is 24.5 Å². The molecule has 0 aromatic heterocycles. The van der Waals surface area contributed by atoms with Crippen LogP contribution in [0.1, 0.15) is 17.5 Å². The Morgan fingerprint density at radius 2 is 1.79 bits per heavy atom. The first-order valence-electron chi connectivity index (χ1n) is 7.52. The van der Waals surface area contributed by atoms with Crippen LogP contribution in [0.5, 0.6) is 0 Å². The summed E-state index contributed by atoms with van der Waals surface area (Å²) in [5.74, 6) is 0. The number of ether oxygens (including phenoxy) is 1. The number of rotatable bonds is 5. The summed E-state index contributed by atoms with van der Waals surface area (Å²) < 4.78 is 5.37. The molecule has 1 aromatic rings. The lowest BCUT2D eigenvalue weighted by Crippen LogP contribution is -2.38. The fraction of sp³-hybridized carbons (Fsp3) is 0.625. The minimum Gasteiger partial charge on any atom is -0.379 e. The van der Waals surface area contributed by atoms with Crippen molar-refractivity contribution in [1.82, 2.24) is 10.2 Å². The van der Waals surface area contributed by atoms with Gasteiger partial charge in [0.25, 0.3) is 0 Å². The van der Waals surface area contributed by atoms with Crippen molar-refractivity contribution in [3.05, 3.63) is 35.4 Å². The highest BCUT2D eigenvalue weighted by Gasteiger charge is 2.19. The zero-order valence-corrected chi connectivity index (χ0v) is 11.6. The highest BCUT2D eigenvalue weighted by Crippen LogP contribution is 2.21. The van der Waals surface area contributed by atoms with Gasteiger partial charge >= 0.3 is 0 Å². The van der Waals surface area contributed by atoms with E-state index in [9.17, 15) is 0 Å². The lowest BCUT2D eigenvalue weighted by molar-refractivity contribution is 0.0374. The van der Waals surface area contributed by atoms with Crippen molar-refractivity contribution in [2.75, 3.05) is 39.4 Å². The minimum absolute atomic E-state index is 0.655. The van der Waals surface area contributed by atoms with Gasteiger partial charge in [0, 0.05) is 19.1 Å². The van der Waals surface area contributed by atoms with E-state index in [0.29, 0.717) is 6.04 Å². The van der Waals surface area contributed by atoms with Gasteiger partial charge in [-0.05, 0) is 43.5 Å². The molecule has 0 spiro atoms. The standard InChI is InChI=1S/C16H24N2O/c1-2-5-15-13-16(12-14(15)4-1)17-6-3-7-18-8-10-19-11-9-18/h1-2,4-5,16-17H,3,6-13H2. The van der Waals surface area contributed by atoms with E-state index in [-0.39, 0.29) is 0 Å². The second kappa shape index (κ2) is 6.51. The molecule has 0 unspecified atom stereocenters. The van der Waals surface area contributed by atoms with Gasteiger partial charge in [0.2, 0.25) is 0 Å². The minimum atomic E-state index is 0.655. The molecule has 1 heterocycles. The molecule has 0 atom stereocenters. The largest absolute Gasteiger partial charge is 0.379 e. The van der Waals surface area contributed by atoms with E-state index in [1.807, 2.05) is 0 Å². The Morgan fingerprint density at radius 1 is 1.11 bits per heavy atom. The van der Waals surface area contributed by atoms with Crippen LogP contribution in [-0.4, -0.2) is 50.3 Å². The summed E-state index contributed by atoms with van der Waals surface area (Å²) in [7, 11) is 0. The monoisotopic (exact) mass is 260 g/mol. The summed E-state index contributed by atoms with van der Waals surface area (Å²) in [5.41, 5.74) is 3.07. The molecule has 3 nitrogen and oxygen atoms in total. The lowest BCUT2D eigenvalue weighted by Gasteiger charge is -2.26. The molecule has 0 radical (unpaired) electrons. The van der Waals surface area contributed by atoms with Gasteiger partial charge in [-0.15, -0.1) is 0 Å². The van der Waals surface area contributed by atoms with Gasteiger partial charge in [0.15, 0.2) is 0 Å². The normalized spacial score (nSPS) is 20.6. The number of morpholine rings is 1. The van der Waals surface area contributed by atoms with E-state index in [4.69, 9.17) is 4.74 Å². The Balaban J connectivity index is 1.33. The highest BCUT2D eigenvalue weighted by atomic mass is 16.5. The van der Waals surface area contributed by atoms with Gasteiger partial charge < -0.3 is 10.1 Å². The molecule has 1 fully saturated rings. The zero-order valence-electron chi connectivity index (χ0n) is 11.6. The Kier molecular flexibility index (Phi) is 4.49. The average Bonchev–Trinajstić information content (AvgIpc) is 2.87. The van der Waals surface area contributed by atoms with E-state index < -0.39 is 0 Å². The van der Waals surface area contributed by atoms with Crippen molar-refractivity contribution >= 4 is 0 Å². The molecule has 2 aliphatic rings. The molecule has 104 valence electrons. The quantitative estimate of drug-likeness (QED) is 0.811. The van der Waals surface area contributed by atoms with Crippen molar-refractivity contribution in [1.29, 1.82) is 0 Å². The number of benzene rings is 1. The van der Waals surface area contributed by atoms with Gasteiger partial charge in [-0.2, -0.15) is 0 Å². The molecule has 3 heteroatoms. The number of hydrogen-bond donors (Lipinski definition) is 1. The maximum Gasteiger partial charge on any atom is 0.0594 e. The van der Waals surface area contributed by atoms with Crippen LogP contribution >= 0.6 is 0 Å². The van der Waals surface area contributed by atoms with E-state index in [0.717, 1.165) is 32.8 Å². The third-order valence-corrected chi connectivity index (χ3v) is 4.24. The van der Waals surface area contributed by atoms with Crippen LogP contribution in [0.15, 0.2) is 24.3 Å². The molecule has 0 saturated carbocycles. The van der Waals surface area contributed by atoms with Gasteiger partial charge in [-0.25, -0.2) is 0 Å². The van der Waals surface area contributed by atoms with Crippen molar-refractivity contribution in [3.63, 3.8) is 0 Å². The number of nitrogens with one attached hydrogen (secondary N) is 1. The van der Waals surface area contributed by atoms with Crippen molar-refractivity contribution in [2.24, 2.45) is 0 Å². The first kappa shape index (κ1) is 13.1. The summed E-state index contributed by atoms with van der Waals surface area (Å²) >= 11 is 0. The average molecular weight is 260 g/mol. The summed E-state index contributed by atoms with van der Waals surface area (Å²) in [6.45, 7) is 6.37. The zero-order chi connectivity index (χ0) is 12.9. The maximum atomic E-state index is 5.37. The molecule has 3 rings (SSSR count). The number of hydrogen-bond acceptors (Lipinski definition) is 3. The number of nitrogens with zero attached hydrogens (tertiary/aromatic N) is 1. The third-order valence-electron chi connectivity index (χ3n) is 4.24. The van der Waals surface area contributed by atoms with Crippen molar-refractivity contribution in [2.45, 2.75) is 25.3 Å². The Bertz CT molecular complexity index is 376. The van der Waals surface area contributed by atoms with E-state index in [2.05, 4.69) is 34.5 Å². The summed E-state index contributed by atoms with van der Waals surface area (Å²) in [4.78, 5) is 2.51. The predicted octanol–water partition coefficient (Wildman–Crippen LogP) is 1.47. The molecule has 1 aliphatic carbocycles. The van der Waals surface area contributed by atoms with Crippen LogP contribution in [0.2, 0.25) is 0 Å². The van der Waals surface area contributed by atoms with Gasteiger partial charge in [0.1, 0.15) is 0 Å². The van der Waals surface area contributed by atoms with Gasteiger partial charge in [0.05, 0.1) is 13.2 Å². The molecule has 1 aromatic carbocycles. The Hall–Kier alpha value is -0.900. The van der Waals surface area contributed by atoms with Gasteiger partial charge in [-0.1, -0.05) is 24.3 Å². The van der Waals surface area contributed by atoms with Crippen LogP contribution in [0.25, 0.3) is 0 Å². The Labute approximate surface area is 115 Å². The van der Waals surface area contributed by atoms with Crippen LogP contribution in [0, 0.1) is 0 Å². The van der Waals surface area contributed by atoms with Crippen LogP contribution in [0.3, 0.4) is 0 Å². The van der Waals surface area contributed by atoms with Crippen molar-refractivity contribution < 1.29 is 4.74 Å². The lowest BCUT2D eigenvalue weighted by atomic mass is 10.1. The second-order valence-electron chi connectivity index (χ2n) is 5.64. The molecule has 19 heavy (non-hydrogen) atoms. The number of fused-ring (bicyclic) bond motifs is 1. The molecular weight excluding hydrogens is 236 g/mol. The van der Waals surface area contributed by atoms with E-state index >= 15 is 0 Å². The molecule has 1 aliphatic heterocycles. The molecule has 1 N–H and O–H groups in total. The fourth-order valence-electron chi connectivity index (χ4n) is 3.14. The second-order valence-corrected chi connectivity index (χ2v) is 5.64. The van der Waals surface area contributed by atoms with Crippen LogP contribution in [0.4, 0.5) is 0 Å². The van der Waals surface area contributed by atoms with E-state index in [1.54, 1.807) is 0 Å². The van der Waals surface area contributed by atoms with Crippen LogP contribution < -0.4 is 5.32 Å². The molecular formula is C16H24N2O. The molecule has 0 bridgehead atoms. The Morgan fingerprint density at radius 3 is 2.47 bits per heavy atom. The van der Waals surface area contributed by atoms with Gasteiger partial charge in [-0.3, -0.25) is 4.90 Å². The smallest absolute Gasteiger partial charge is 0.0594 e. The fourth-order valence-corrected chi connectivity index (χ4v) is 3.14. The summed E-state index contributed by atoms with van der Waals surface area (Å²) in [6.07, 6.45) is 3.65. The first-order chi connectivity index (χ1) is 9.42. The molecule has 1 saturated heterocycles. The third kappa shape index (κ3) is 3.56. The summed E-state index contributed by atoms with van der Waals surface area (Å²) in [6, 6.07) is 9.50. The predicted molar refractivity (Wildman–Crippen MR) is 77.5 cm³/mol. The van der Waals surface area contributed by atoms with E-state index in [1.165, 1.54) is 36.9 Å².